The summed E-state index contributed by atoms with van der Waals surface area (Å²) in [5, 5.41) is 5.35. The van der Waals surface area contributed by atoms with Crippen LogP contribution in [-0.2, 0) is 0 Å². The quantitative estimate of drug-likeness (QED) is 0.672. The predicted molar refractivity (Wildman–Crippen MR) is 65.8 cm³/mol. The Bertz CT molecular complexity index is 670. The fourth-order valence-corrected chi connectivity index (χ4v) is 2.08. The third-order valence-corrected chi connectivity index (χ3v) is 2.88. The highest BCUT2D eigenvalue weighted by molar-refractivity contribution is 6.08. The van der Waals surface area contributed by atoms with Crippen molar-refractivity contribution >= 4 is 27.8 Å². The van der Waals surface area contributed by atoms with Crippen molar-refractivity contribution in [1.82, 2.24) is 4.98 Å². The second kappa shape index (κ2) is 3.23. The Balaban J connectivity index is 2.54. The molecule has 0 aliphatic carbocycles. The van der Waals surface area contributed by atoms with Gasteiger partial charge in [0.15, 0.2) is 5.58 Å². The molecule has 0 amide bonds. The van der Waals surface area contributed by atoms with Crippen LogP contribution in [0.15, 0.2) is 34.9 Å². The normalized spacial score (nSPS) is 11.1. The molecule has 2 heterocycles. The molecule has 16 heavy (non-hydrogen) atoms. The lowest BCUT2D eigenvalue weighted by atomic mass is 10.1. The van der Waals surface area contributed by atoms with E-state index < -0.39 is 0 Å². The smallest absolute Gasteiger partial charge is 0.227 e. The molecule has 3 aromatic rings. The van der Waals surface area contributed by atoms with Gasteiger partial charge in [-0.1, -0.05) is 12.1 Å². The van der Waals surface area contributed by atoms with Crippen molar-refractivity contribution in [3.63, 3.8) is 0 Å². The molecule has 0 saturated heterocycles. The van der Waals surface area contributed by atoms with Crippen LogP contribution in [0.4, 0.5) is 5.69 Å². The van der Waals surface area contributed by atoms with Crippen LogP contribution in [0.2, 0.25) is 0 Å². The standard InChI is InChI=1S/C13H12N2O/c1-8-5-6-9-10-4-3-7-15-13(10)16-12(9)11(8)14-2/h3-7,14H,1-2H3. The topological polar surface area (TPSA) is 38.1 Å². The molecule has 0 bridgehead atoms. The molecule has 0 spiro atoms. The molecule has 0 unspecified atom stereocenters. The second-order valence-corrected chi connectivity index (χ2v) is 3.84. The molecule has 0 aliphatic rings. The largest absolute Gasteiger partial charge is 0.436 e. The van der Waals surface area contributed by atoms with Crippen molar-refractivity contribution in [3.05, 3.63) is 36.0 Å². The van der Waals surface area contributed by atoms with Gasteiger partial charge >= 0.3 is 0 Å². The third kappa shape index (κ3) is 1.11. The van der Waals surface area contributed by atoms with Gasteiger partial charge in [-0.25, -0.2) is 4.98 Å². The zero-order valence-electron chi connectivity index (χ0n) is 9.24. The summed E-state index contributed by atoms with van der Waals surface area (Å²) < 4.78 is 5.78. The molecule has 1 N–H and O–H groups in total. The monoisotopic (exact) mass is 212 g/mol. The Labute approximate surface area is 93.1 Å². The number of rotatable bonds is 1. The van der Waals surface area contributed by atoms with Crippen molar-refractivity contribution in [3.8, 4) is 0 Å². The summed E-state index contributed by atoms with van der Waals surface area (Å²) in [7, 11) is 1.91. The van der Waals surface area contributed by atoms with E-state index in [1.807, 2.05) is 19.2 Å². The first kappa shape index (κ1) is 9.21. The van der Waals surface area contributed by atoms with Crippen LogP contribution < -0.4 is 5.32 Å². The minimum absolute atomic E-state index is 0.694. The van der Waals surface area contributed by atoms with Gasteiger partial charge in [-0.3, -0.25) is 0 Å². The SMILES string of the molecule is CNc1c(C)ccc2c1oc1ncccc12. The van der Waals surface area contributed by atoms with E-state index in [0.29, 0.717) is 5.71 Å². The van der Waals surface area contributed by atoms with Gasteiger partial charge in [-0.15, -0.1) is 0 Å². The molecule has 0 fully saturated rings. The van der Waals surface area contributed by atoms with Crippen molar-refractivity contribution < 1.29 is 4.42 Å². The van der Waals surface area contributed by atoms with Crippen molar-refractivity contribution in [2.75, 3.05) is 12.4 Å². The summed E-state index contributed by atoms with van der Waals surface area (Å²) in [5.41, 5.74) is 3.79. The maximum atomic E-state index is 5.78. The number of anilines is 1. The van der Waals surface area contributed by atoms with Gasteiger partial charge in [0.1, 0.15) is 0 Å². The minimum atomic E-state index is 0.694. The summed E-state index contributed by atoms with van der Waals surface area (Å²) in [6.07, 6.45) is 1.75. The van der Waals surface area contributed by atoms with Gasteiger partial charge in [0.25, 0.3) is 0 Å². The summed E-state index contributed by atoms with van der Waals surface area (Å²) in [6, 6.07) is 8.13. The molecule has 3 rings (SSSR count). The molecule has 1 aromatic carbocycles. The van der Waals surface area contributed by atoms with Crippen molar-refractivity contribution in [2.24, 2.45) is 0 Å². The second-order valence-electron chi connectivity index (χ2n) is 3.84. The van der Waals surface area contributed by atoms with Crippen LogP contribution in [-0.4, -0.2) is 12.0 Å². The van der Waals surface area contributed by atoms with E-state index in [9.17, 15) is 0 Å². The number of furan rings is 1. The Hall–Kier alpha value is -2.03. The summed E-state index contributed by atoms with van der Waals surface area (Å²) >= 11 is 0. The molecule has 2 aromatic heterocycles. The number of aryl methyl sites for hydroxylation is 1. The van der Waals surface area contributed by atoms with Gasteiger partial charge in [-0.05, 0) is 24.6 Å². The number of nitrogens with zero attached hydrogens (tertiary/aromatic N) is 1. The molecule has 0 radical (unpaired) electrons. The Morgan fingerprint density at radius 1 is 1.19 bits per heavy atom. The first-order valence-corrected chi connectivity index (χ1v) is 5.26. The molecular formula is C13H12N2O. The number of nitrogens with one attached hydrogen (secondary N) is 1. The molecular weight excluding hydrogens is 200 g/mol. The van der Waals surface area contributed by atoms with Gasteiger partial charge in [0.05, 0.1) is 5.69 Å². The average molecular weight is 212 g/mol. The molecule has 3 heteroatoms. The number of benzene rings is 1. The summed E-state index contributed by atoms with van der Waals surface area (Å²) in [6.45, 7) is 2.06. The fourth-order valence-electron chi connectivity index (χ4n) is 2.08. The highest BCUT2D eigenvalue weighted by Crippen LogP contribution is 2.33. The van der Waals surface area contributed by atoms with E-state index in [2.05, 4.69) is 29.4 Å². The van der Waals surface area contributed by atoms with E-state index >= 15 is 0 Å². The Morgan fingerprint density at radius 3 is 2.88 bits per heavy atom. The zero-order chi connectivity index (χ0) is 11.1. The average Bonchev–Trinajstić information content (AvgIpc) is 2.67. The number of fused-ring (bicyclic) bond motifs is 3. The van der Waals surface area contributed by atoms with Crippen LogP contribution in [0.25, 0.3) is 22.1 Å². The third-order valence-electron chi connectivity index (χ3n) is 2.88. The van der Waals surface area contributed by atoms with Gasteiger partial charge in [0, 0.05) is 24.0 Å². The van der Waals surface area contributed by atoms with Crippen molar-refractivity contribution in [1.29, 1.82) is 0 Å². The van der Waals surface area contributed by atoms with E-state index in [1.54, 1.807) is 6.20 Å². The van der Waals surface area contributed by atoms with E-state index in [4.69, 9.17) is 4.42 Å². The maximum absolute atomic E-state index is 5.78. The summed E-state index contributed by atoms with van der Waals surface area (Å²) in [4.78, 5) is 4.23. The highest BCUT2D eigenvalue weighted by Gasteiger charge is 2.11. The number of hydrogen-bond acceptors (Lipinski definition) is 3. The highest BCUT2D eigenvalue weighted by atomic mass is 16.3. The van der Waals surface area contributed by atoms with Gasteiger partial charge in [-0.2, -0.15) is 0 Å². The Morgan fingerprint density at radius 2 is 2.06 bits per heavy atom. The molecule has 0 atom stereocenters. The van der Waals surface area contributed by atoms with Crippen LogP contribution >= 0.6 is 0 Å². The first-order chi connectivity index (χ1) is 7.81. The lowest BCUT2D eigenvalue weighted by Gasteiger charge is -2.04. The number of hydrogen-bond donors (Lipinski definition) is 1. The maximum Gasteiger partial charge on any atom is 0.227 e. The van der Waals surface area contributed by atoms with E-state index in [1.165, 1.54) is 5.56 Å². The fraction of sp³-hybridized carbons (Fsp3) is 0.154. The summed E-state index contributed by atoms with van der Waals surface area (Å²) in [5.74, 6) is 0. The minimum Gasteiger partial charge on any atom is -0.436 e. The van der Waals surface area contributed by atoms with Crippen LogP contribution in [0.1, 0.15) is 5.56 Å². The Kier molecular flexibility index (Phi) is 1.86. The van der Waals surface area contributed by atoms with Crippen LogP contribution in [0.3, 0.4) is 0 Å². The van der Waals surface area contributed by atoms with Crippen LogP contribution in [0, 0.1) is 6.92 Å². The number of pyridine rings is 1. The molecule has 0 saturated carbocycles. The lowest BCUT2D eigenvalue weighted by molar-refractivity contribution is 0.655. The molecule has 3 nitrogen and oxygen atoms in total. The zero-order valence-corrected chi connectivity index (χ0v) is 9.24. The van der Waals surface area contributed by atoms with Gasteiger partial charge < -0.3 is 9.73 Å². The van der Waals surface area contributed by atoms with Gasteiger partial charge in [0.2, 0.25) is 5.71 Å². The molecule has 80 valence electrons. The van der Waals surface area contributed by atoms with E-state index in [0.717, 1.165) is 22.0 Å². The first-order valence-electron chi connectivity index (χ1n) is 5.26. The van der Waals surface area contributed by atoms with Crippen molar-refractivity contribution in [2.45, 2.75) is 6.92 Å². The van der Waals surface area contributed by atoms with E-state index in [-0.39, 0.29) is 0 Å². The molecule has 0 aliphatic heterocycles. The predicted octanol–water partition coefficient (Wildman–Crippen LogP) is 3.33. The number of aromatic nitrogens is 1. The lowest BCUT2D eigenvalue weighted by Crippen LogP contribution is -1.91. The van der Waals surface area contributed by atoms with Crippen LogP contribution in [0.5, 0.6) is 0 Å².